The van der Waals surface area contributed by atoms with Crippen LogP contribution in [0.5, 0.6) is 0 Å². The van der Waals surface area contributed by atoms with Gasteiger partial charge < -0.3 is 10.1 Å². The van der Waals surface area contributed by atoms with Gasteiger partial charge in [-0.1, -0.05) is 0 Å². The molecule has 5 N–H and O–H groups in total. The molecule has 144 valence electrons. The number of hydrogen-bond acceptors (Lipinski definition) is 7. The molecule has 0 aromatic heterocycles. The molecule has 0 spiro atoms. The fourth-order valence-electron chi connectivity index (χ4n) is 4.85. The Morgan fingerprint density at radius 2 is 1.96 bits per heavy atom. The van der Waals surface area contributed by atoms with Gasteiger partial charge >= 0.3 is 0 Å². The zero-order valence-electron chi connectivity index (χ0n) is 15.4. The fourth-order valence-corrected chi connectivity index (χ4v) is 4.85. The summed E-state index contributed by atoms with van der Waals surface area (Å²) < 4.78 is 5.75. The van der Waals surface area contributed by atoms with Gasteiger partial charge in [0.1, 0.15) is 0 Å². The molecule has 0 radical (unpaired) electrons. The van der Waals surface area contributed by atoms with Crippen LogP contribution in [0.4, 0.5) is 0 Å². The van der Waals surface area contributed by atoms with Gasteiger partial charge in [0.15, 0.2) is 6.23 Å². The summed E-state index contributed by atoms with van der Waals surface area (Å²) in [5.74, 6) is 1.43. The highest BCUT2D eigenvalue weighted by Crippen LogP contribution is 2.33. The van der Waals surface area contributed by atoms with Crippen LogP contribution in [0.15, 0.2) is 0 Å². The van der Waals surface area contributed by atoms with Crippen LogP contribution in [0.1, 0.15) is 45.4 Å². The maximum atomic E-state index is 5.76. The highest BCUT2D eigenvalue weighted by molar-refractivity contribution is 4.88. The van der Waals surface area contributed by atoms with E-state index in [0.717, 1.165) is 45.0 Å². The van der Waals surface area contributed by atoms with Crippen LogP contribution in [0.2, 0.25) is 0 Å². The minimum Gasteiger partial charge on any atom is -0.374 e. The monoisotopic (exact) mass is 353 g/mol. The number of nitrogens with one attached hydrogen (secondary N) is 5. The average molecular weight is 354 g/mol. The van der Waals surface area contributed by atoms with Gasteiger partial charge in [-0.25, -0.2) is 0 Å². The van der Waals surface area contributed by atoms with Crippen molar-refractivity contribution < 1.29 is 9.57 Å². The minimum absolute atomic E-state index is 0.0238. The summed E-state index contributed by atoms with van der Waals surface area (Å²) in [5.41, 5.74) is 3.24. The molecule has 7 nitrogen and oxygen atoms in total. The summed E-state index contributed by atoms with van der Waals surface area (Å²) in [4.78, 5) is 5.76. The summed E-state index contributed by atoms with van der Waals surface area (Å²) >= 11 is 0. The molecule has 1 saturated carbocycles. The SMILES string of the molecule is C[C@@H](NC1CNCCN1)C1CCC(C2NOC(C3CCCO3)N2)CC1. The maximum Gasteiger partial charge on any atom is 0.157 e. The molecule has 25 heavy (non-hydrogen) atoms. The number of hydroxylamine groups is 1. The zero-order valence-corrected chi connectivity index (χ0v) is 15.4. The lowest BCUT2D eigenvalue weighted by Gasteiger charge is -2.37. The molecule has 5 atom stereocenters. The predicted octanol–water partition coefficient (Wildman–Crippen LogP) is 0.245. The zero-order chi connectivity index (χ0) is 17.1. The highest BCUT2D eigenvalue weighted by atomic mass is 16.7. The molecule has 4 aliphatic rings. The Morgan fingerprint density at radius 3 is 2.68 bits per heavy atom. The Hall–Kier alpha value is -0.280. The van der Waals surface area contributed by atoms with Gasteiger partial charge in [-0.05, 0) is 57.3 Å². The lowest BCUT2D eigenvalue weighted by atomic mass is 9.77. The van der Waals surface area contributed by atoms with E-state index in [1.807, 2.05) is 0 Å². The van der Waals surface area contributed by atoms with Gasteiger partial charge in [0.2, 0.25) is 0 Å². The molecule has 4 rings (SSSR count). The second kappa shape index (κ2) is 8.61. The first-order valence-corrected chi connectivity index (χ1v) is 10.3. The molecular formula is C18H35N5O2. The molecule has 7 heteroatoms. The van der Waals surface area contributed by atoms with Crippen LogP contribution >= 0.6 is 0 Å². The average Bonchev–Trinajstić information content (AvgIpc) is 3.34. The number of piperazine rings is 1. The van der Waals surface area contributed by atoms with E-state index in [1.54, 1.807) is 0 Å². The summed E-state index contributed by atoms with van der Waals surface area (Å²) in [5, 5.41) is 14.4. The lowest BCUT2D eigenvalue weighted by molar-refractivity contribution is -0.0616. The van der Waals surface area contributed by atoms with E-state index < -0.39 is 0 Å². The van der Waals surface area contributed by atoms with Crippen LogP contribution in [-0.4, -0.2) is 56.9 Å². The molecule has 0 aromatic carbocycles. The first-order valence-electron chi connectivity index (χ1n) is 10.3. The van der Waals surface area contributed by atoms with Gasteiger partial charge in [-0.15, -0.1) is 0 Å². The van der Waals surface area contributed by atoms with Crippen molar-refractivity contribution in [1.82, 2.24) is 26.7 Å². The minimum atomic E-state index is 0.0238. The first-order chi connectivity index (χ1) is 12.3. The van der Waals surface area contributed by atoms with E-state index in [1.165, 1.54) is 25.7 Å². The van der Waals surface area contributed by atoms with E-state index in [-0.39, 0.29) is 18.5 Å². The molecule has 4 fully saturated rings. The van der Waals surface area contributed by atoms with Crippen molar-refractivity contribution in [2.24, 2.45) is 11.8 Å². The second-order valence-corrected chi connectivity index (χ2v) is 8.19. The second-order valence-electron chi connectivity index (χ2n) is 8.19. The maximum absolute atomic E-state index is 5.76. The third-order valence-electron chi connectivity index (χ3n) is 6.47. The number of ether oxygens (including phenoxy) is 1. The lowest BCUT2D eigenvalue weighted by Crippen LogP contribution is -2.58. The van der Waals surface area contributed by atoms with Gasteiger partial charge in [-0.2, -0.15) is 5.48 Å². The number of hydrogen-bond donors (Lipinski definition) is 5. The third kappa shape index (κ3) is 4.53. The Kier molecular flexibility index (Phi) is 6.23. The smallest absolute Gasteiger partial charge is 0.157 e. The molecule has 3 heterocycles. The Morgan fingerprint density at radius 1 is 1.08 bits per heavy atom. The van der Waals surface area contributed by atoms with Crippen LogP contribution in [0.3, 0.4) is 0 Å². The third-order valence-corrected chi connectivity index (χ3v) is 6.47. The summed E-state index contributed by atoms with van der Waals surface area (Å²) in [6.07, 6.45) is 8.31. The van der Waals surface area contributed by atoms with Crippen molar-refractivity contribution in [2.45, 2.75) is 76.2 Å². The Bertz CT molecular complexity index is 406. The molecule has 3 saturated heterocycles. The van der Waals surface area contributed by atoms with E-state index in [0.29, 0.717) is 18.1 Å². The highest BCUT2D eigenvalue weighted by Gasteiger charge is 2.38. The van der Waals surface area contributed by atoms with Gasteiger partial charge in [0.05, 0.1) is 18.4 Å². The molecule has 0 bridgehead atoms. The van der Waals surface area contributed by atoms with E-state index >= 15 is 0 Å². The van der Waals surface area contributed by atoms with Gasteiger partial charge in [0.25, 0.3) is 0 Å². The molecule has 3 aliphatic heterocycles. The summed E-state index contributed by atoms with van der Waals surface area (Å²) in [6.45, 7) is 6.38. The fraction of sp³-hybridized carbons (Fsp3) is 1.00. The normalized spacial score (nSPS) is 44.0. The van der Waals surface area contributed by atoms with Crippen molar-refractivity contribution in [3.8, 4) is 0 Å². The van der Waals surface area contributed by atoms with E-state index in [4.69, 9.17) is 9.57 Å². The van der Waals surface area contributed by atoms with Crippen molar-refractivity contribution >= 4 is 0 Å². The van der Waals surface area contributed by atoms with Crippen molar-refractivity contribution in [3.63, 3.8) is 0 Å². The first kappa shape index (κ1) is 18.1. The molecule has 1 aliphatic carbocycles. The standard InChI is InChI=1S/C18H35N5O2/c1-12(21-16-11-19-8-9-20-16)13-4-6-14(7-5-13)17-22-18(25-23-17)15-3-2-10-24-15/h12-23H,2-11H2,1H3/t12-,13?,14?,15?,16?,17?,18?/m1/s1. The van der Waals surface area contributed by atoms with Crippen LogP contribution in [0.25, 0.3) is 0 Å². The van der Waals surface area contributed by atoms with Crippen LogP contribution < -0.4 is 26.7 Å². The largest absolute Gasteiger partial charge is 0.374 e. The molecule has 0 aromatic rings. The quantitative estimate of drug-likeness (QED) is 0.485. The summed E-state index contributed by atoms with van der Waals surface area (Å²) in [6, 6.07) is 0.568. The number of rotatable bonds is 5. The van der Waals surface area contributed by atoms with E-state index in [9.17, 15) is 0 Å². The van der Waals surface area contributed by atoms with Crippen molar-refractivity contribution in [2.75, 3.05) is 26.2 Å². The molecule has 0 amide bonds. The molecule has 4 unspecified atom stereocenters. The van der Waals surface area contributed by atoms with Crippen LogP contribution in [0, 0.1) is 11.8 Å². The van der Waals surface area contributed by atoms with Gasteiger partial charge in [0, 0.05) is 32.3 Å². The van der Waals surface area contributed by atoms with Crippen molar-refractivity contribution in [1.29, 1.82) is 0 Å². The topological polar surface area (TPSA) is 78.6 Å². The Labute approximate surface area is 151 Å². The summed E-state index contributed by atoms with van der Waals surface area (Å²) in [7, 11) is 0. The van der Waals surface area contributed by atoms with Crippen LogP contribution in [-0.2, 0) is 9.57 Å². The Balaban J connectivity index is 1.19. The van der Waals surface area contributed by atoms with Gasteiger partial charge in [-0.3, -0.25) is 20.8 Å². The molecular weight excluding hydrogens is 318 g/mol. The van der Waals surface area contributed by atoms with E-state index in [2.05, 4.69) is 33.7 Å². The predicted molar refractivity (Wildman–Crippen MR) is 96.6 cm³/mol. The van der Waals surface area contributed by atoms with Crippen molar-refractivity contribution in [3.05, 3.63) is 0 Å².